The van der Waals surface area contributed by atoms with E-state index in [1.165, 1.54) is 6.92 Å². The molecule has 0 heterocycles. The number of hydrogen-bond acceptors (Lipinski definition) is 5. The Labute approximate surface area is 189 Å². The van der Waals surface area contributed by atoms with E-state index in [4.69, 9.17) is 20.3 Å². The first-order valence-corrected chi connectivity index (χ1v) is 13.8. The number of benzene rings is 1. The van der Waals surface area contributed by atoms with Gasteiger partial charge in [-0.15, -0.1) is 12.3 Å². The largest absolute Gasteiger partial charge is 0.497 e. The molecule has 1 N–H and O–H groups in total. The number of hydrogen-bond donors (Lipinski definition) is 1. The number of aliphatic hydroxyl groups is 1. The van der Waals surface area contributed by atoms with E-state index in [1.807, 2.05) is 24.3 Å². The minimum atomic E-state index is -1.87. The van der Waals surface area contributed by atoms with E-state index < -0.39 is 20.3 Å². The second-order valence-electron chi connectivity index (χ2n) is 9.61. The van der Waals surface area contributed by atoms with Crippen molar-refractivity contribution in [2.75, 3.05) is 13.7 Å². The molecule has 174 valence electrons. The molecule has 5 nitrogen and oxygen atoms in total. The van der Waals surface area contributed by atoms with Crippen molar-refractivity contribution in [1.29, 1.82) is 0 Å². The van der Waals surface area contributed by atoms with Crippen LogP contribution in [0.15, 0.2) is 24.3 Å². The Morgan fingerprint density at radius 1 is 1.23 bits per heavy atom. The van der Waals surface area contributed by atoms with Gasteiger partial charge in [0.1, 0.15) is 11.5 Å². The number of carbonyl (C=O) groups excluding carboxylic acids is 1. The SMILES string of the molecule is C#CC[C@@H](C(C)=O)[C@@H](O)C[C@@H](CCO[Si](C)(C)C(C)(C)C)OCc1ccc(OC)cc1. The predicted molar refractivity (Wildman–Crippen MR) is 128 cm³/mol. The number of terminal acetylenes is 1. The predicted octanol–water partition coefficient (Wildman–Crippen LogP) is 4.97. The standard InChI is InChI=1S/C25H40O5Si/c1-9-10-23(19(2)26)24(27)17-22(15-16-30-31(7,8)25(3,4)5)29-18-20-11-13-21(28-6)14-12-20/h1,11-14,22-24,27H,10,15-18H2,2-8H3/t22-,23+,24+/m1/s1. The summed E-state index contributed by atoms with van der Waals surface area (Å²) < 4.78 is 17.7. The molecule has 0 saturated carbocycles. The molecule has 0 unspecified atom stereocenters. The summed E-state index contributed by atoms with van der Waals surface area (Å²) in [6.07, 6.45) is 5.50. The van der Waals surface area contributed by atoms with Crippen molar-refractivity contribution in [1.82, 2.24) is 0 Å². The first-order chi connectivity index (χ1) is 14.4. The van der Waals surface area contributed by atoms with E-state index >= 15 is 0 Å². The second-order valence-corrected chi connectivity index (χ2v) is 14.4. The summed E-state index contributed by atoms with van der Waals surface area (Å²) in [7, 11) is -0.242. The maximum atomic E-state index is 11.9. The van der Waals surface area contributed by atoms with Gasteiger partial charge in [-0.2, -0.15) is 0 Å². The van der Waals surface area contributed by atoms with Gasteiger partial charge in [-0.1, -0.05) is 32.9 Å². The van der Waals surface area contributed by atoms with Crippen molar-refractivity contribution in [3.8, 4) is 18.1 Å². The summed E-state index contributed by atoms with van der Waals surface area (Å²) in [6, 6.07) is 7.69. The first-order valence-electron chi connectivity index (χ1n) is 10.9. The van der Waals surface area contributed by atoms with Crippen LogP contribution in [0.1, 0.15) is 52.5 Å². The van der Waals surface area contributed by atoms with Crippen LogP contribution in [-0.2, 0) is 20.6 Å². The molecular weight excluding hydrogens is 408 g/mol. The molecule has 0 spiro atoms. The average Bonchev–Trinajstić information content (AvgIpc) is 2.69. The number of Topliss-reactive ketones (excluding diaryl/α,β-unsaturated/α-hetero) is 1. The number of ether oxygens (including phenoxy) is 2. The molecule has 1 rings (SSSR count). The minimum Gasteiger partial charge on any atom is -0.497 e. The molecule has 1 aromatic rings. The van der Waals surface area contributed by atoms with Crippen LogP contribution in [0.25, 0.3) is 0 Å². The molecule has 0 radical (unpaired) electrons. The molecule has 0 aliphatic heterocycles. The zero-order valence-corrected chi connectivity index (χ0v) is 21.2. The molecule has 0 saturated heterocycles. The van der Waals surface area contributed by atoms with Gasteiger partial charge in [0, 0.05) is 19.4 Å². The zero-order chi connectivity index (χ0) is 23.7. The molecule has 6 heteroatoms. The van der Waals surface area contributed by atoms with E-state index in [2.05, 4.69) is 39.8 Å². The highest BCUT2D eigenvalue weighted by molar-refractivity contribution is 6.74. The van der Waals surface area contributed by atoms with E-state index in [9.17, 15) is 9.90 Å². The van der Waals surface area contributed by atoms with Crippen molar-refractivity contribution >= 4 is 14.1 Å². The topological polar surface area (TPSA) is 65.0 Å². The van der Waals surface area contributed by atoms with Crippen molar-refractivity contribution in [3.63, 3.8) is 0 Å². The van der Waals surface area contributed by atoms with Crippen LogP contribution in [0, 0.1) is 18.3 Å². The molecular formula is C25H40O5Si. The zero-order valence-electron chi connectivity index (χ0n) is 20.2. The number of methoxy groups -OCH3 is 1. The lowest BCUT2D eigenvalue weighted by molar-refractivity contribution is -0.125. The molecule has 0 aliphatic rings. The third-order valence-electron chi connectivity index (χ3n) is 6.18. The molecule has 31 heavy (non-hydrogen) atoms. The maximum absolute atomic E-state index is 11.9. The van der Waals surface area contributed by atoms with E-state index in [1.54, 1.807) is 7.11 Å². The van der Waals surface area contributed by atoms with Gasteiger partial charge in [0.15, 0.2) is 8.32 Å². The maximum Gasteiger partial charge on any atom is 0.191 e. The highest BCUT2D eigenvalue weighted by atomic mass is 28.4. The van der Waals surface area contributed by atoms with Crippen molar-refractivity contribution in [2.45, 2.75) is 83.9 Å². The Hall–Kier alpha value is -1.65. The van der Waals surface area contributed by atoms with Gasteiger partial charge in [-0.05, 0) is 49.2 Å². The van der Waals surface area contributed by atoms with Gasteiger partial charge in [0.2, 0.25) is 0 Å². The van der Waals surface area contributed by atoms with Crippen LogP contribution in [-0.4, -0.2) is 45.1 Å². The highest BCUT2D eigenvalue weighted by Crippen LogP contribution is 2.36. The van der Waals surface area contributed by atoms with Gasteiger partial charge in [-0.25, -0.2) is 0 Å². The van der Waals surface area contributed by atoms with Crippen LogP contribution in [0.5, 0.6) is 5.75 Å². The summed E-state index contributed by atoms with van der Waals surface area (Å²) >= 11 is 0. The van der Waals surface area contributed by atoms with Crippen molar-refractivity contribution in [3.05, 3.63) is 29.8 Å². The fourth-order valence-corrected chi connectivity index (χ4v) is 4.04. The minimum absolute atomic E-state index is 0.100. The molecule has 0 amide bonds. The Balaban J connectivity index is 2.82. The molecule has 0 aromatic heterocycles. The summed E-state index contributed by atoms with van der Waals surface area (Å²) in [5.41, 5.74) is 1.01. The molecule has 1 aromatic carbocycles. The Bertz CT molecular complexity index is 715. The third-order valence-corrected chi connectivity index (χ3v) is 10.7. The average molecular weight is 449 g/mol. The number of ketones is 1. The lowest BCUT2D eigenvalue weighted by Crippen LogP contribution is -2.41. The van der Waals surface area contributed by atoms with E-state index in [-0.39, 0.29) is 23.3 Å². The Morgan fingerprint density at radius 2 is 1.84 bits per heavy atom. The summed E-state index contributed by atoms with van der Waals surface area (Å²) in [5.74, 6) is 2.62. The van der Waals surface area contributed by atoms with Gasteiger partial charge < -0.3 is 19.0 Å². The van der Waals surface area contributed by atoms with Gasteiger partial charge in [-0.3, -0.25) is 4.79 Å². The second kappa shape index (κ2) is 12.4. The van der Waals surface area contributed by atoms with Crippen LogP contribution in [0.4, 0.5) is 0 Å². The molecule has 0 fully saturated rings. The van der Waals surface area contributed by atoms with Gasteiger partial charge >= 0.3 is 0 Å². The first kappa shape index (κ1) is 27.4. The quantitative estimate of drug-likeness (QED) is 0.341. The normalized spacial score (nSPS) is 15.1. The lowest BCUT2D eigenvalue weighted by atomic mass is 9.90. The van der Waals surface area contributed by atoms with E-state index in [0.29, 0.717) is 26.1 Å². The lowest BCUT2D eigenvalue weighted by Gasteiger charge is -2.36. The van der Waals surface area contributed by atoms with E-state index in [0.717, 1.165) is 11.3 Å². The number of aliphatic hydroxyl groups excluding tert-OH is 1. The van der Waals surface area contributed by atoms with Crippen LogP contribution in [0.3, 0.4) is 0 Å². The number of rotatable bonds is 13. The Kier molecular flexibility index (Phi) is 11.0. The fraction of sp³-hybridized carbons (Fsp3) is 0.640. The molecule has 0 aliphatic carbocycles. The third kappa shape index (κ3) is 9.16. The summed E-state index contributed by atoms with van der Waals surface area (Å²) in [4.78, 5) is 11.9. The van der Waals surface area contributed by atoms with Crippen molar-refractivity contribution < 1.29 is 23.8 Å². The smallest absolute Gasteiger partial charge is 0.191 e. The summed E-state index contributed by atoms with van der Waals surface area (Å²) in [5, 5.41) is 10.8. The van der Waals surface area contributed by atoms with Gasteiger partial charge in [0.05, 0.1) is 31.8 Å². The van der Waals surface area contributed by atoms with Crippen LogP contribution in [0.2, 0.25) is 18.1 Å². The Morgan fingerprint density at radius 3 is 2.32 bits per heavy atom. The molecule has 3 atom stereocenters. The fourth-order valence-electron chi connectivity index (χ4n) is 2.98. The monoisotopic (exact) mass is 448 g/mol. The molecule has 0 bridgehead atoms. The van der Waals surface area contributed by atoms with Crippen molar-refractivity contribution in [2.24, 2.45) is 5.92 Å². The van der Waals surface area contributed by atoms with Gasteiger partial charge in [0.25, 0.3) is 0 Å². The van der Waals surface area contributed by atoms with Crippen LogP contribution >= 0.6 is 0 Å². The number of carbonyl (C=O) groups is 1. The highest BCUT2D eigenvalue weighted by Gasteiger charge is 2.37. The summed E-state index contributed by atoms with van der Waals surface area (Å²) in [6.45, 7) is 13.5. The van der Waals surface area contributed by atoms with Crippen LogP contribution < -0.4 is 4.74 Å².